The molecule has 2 unspecified atom stereocenters. The summed E-state index contributed by atoms with van der Waals surface area (Å²) < 4.78 is 26.2. The molecule has 0 aromatic carbocycles. The second-order valence-electron chi connectivity index (χ2n) is 5.04. The van der Waals surface area contributed by atoms with Crippen LogP contribution in [0, 0.1) is 11.8 Å². The highest BCUT2D eigenvalue weighted by Crippen LogP contribution is 2.30. The topological polar surface area (TPSA) is 58.2 Å². The third-order valence-electron chi connectivity index (χ3n) is 3.07. The molecule has 0 radical (unpaired) electrons. The van der Waals surface area contributed by atoms with Gasteiger partial charge in [-0.2, -0.15) is 0 Å². The molecule has 4 nitrogen and oxygen atoms in total. The number of nitrogens with one attached hydrogen (secondary N) is 2. The fourth-order valence-corrected chi connectivity index (χ4v) is 3.88. The molecule has 0 aromatic heterocycles. The van der Waals surface area contributed by atoms with E-state index in [4.69, 9.17) is 0 Å². The Hall–Kier alpha value is -0.130. The van der Waals surface area contributed by atoms with Crippen molar-refractivity contribution in [3.8, 4) is 0 Å². The van der Waals surface area contributed by atoms with Crippen molar-refractivity contribution in [3.63, 3.8) is 0 Å². The summed E-state index contributed by atoms with van der Waals surface area (Å²) >= 11 is 0. The molecule has 1 aliphatic carbocycles. The lowest BCUT2D eigenvalue weighted by Crippen LogP contribution is -2.48. The molecule has 1 saturated heterocycles. The van der Waals surface area contributed by atoms with Crippen molar-refractivity contribution < 1.29 is 8.42 Å². The lowest BCUT2D eigenvalue weighted by Gasteiger charge is -2.28. The molecule has 15 heavy (non-hydrogen) atoms. The molecule has 5 heteroatoms. The molecule has 1 heterocycles. The van der Waals surface area contributed by atoms with Gasteiger partial charge in [0.15, 0.2) is 0 Å². The normalized spacial score (nSPS) is 32.9. The first kappa shape index (κ1) is 11.4. The van der Waals surface area contributed by atoms with Gasteiger partial charge < -0.3 is 5.32 Å². The van der Waals surface area contributed by atoms with E-state index in [1.165, 1.54) is 0 Å². The molecule has 0 spiro atoms. The predicted octanol–water partition coefficient (Wildman–Crippen LogP) is 0.314. The van der Waals surface area contributed by atoms with E-state index in [2.05, 4.69) is 17.0 Å². The largest absolute Gasteiger partial charge is 0.315 e. The fourth-order valence-electron chi connectivity index (χ4n) is 2.14. The van der Waals surface area contributed by atoms with Gasteiger partial charge in [-0.1, -0.05) is 6.92 Å². The van der Waals surface area contributed by atoms with Crippen molar-refractivity contribution in [1.82, 2.24) is 10.0 Å². The second-order valence-corrected chi connectivity index (χ2v) is 6.84. The lowest BCUT2D eigenvalue weighted by molar-refractivity contribution is 0.346. The Balaban J connectivity index is 1.83. The molecule has 88 valence electrons. The number of hydrogen-bond acceptors (Lipinski definition) is 3. The zero-order valence-electron chi connectivity index (χ0n) is 9.20. The minimum atomic E-state index is -3.03. The summed E-state index contributed by atoms with van der Waals surface area (Å²) in [7, 11) is -3.03. The number of hydrogen-bond donors (Lipinski definition) is 2. The molecule has 1 saturated carbocycles. The Morgan fingerprint density at radius 2 is 2.07 bits per heavy atom. The van der Waals surface area contributed by atoms with Gasteiger partial charge in [-0.15, -0.1) is 0 Å². The van der Waals surface area contributed by atoms with Gasteiger partial charge in [-0.25, -0.2) is 13.1 Å². The molecule has 0 bridgehead atoms. The van der Waals surface area contributed by atoms with Gasteiger partial charge in [0.25, 0.3) is 0 Å². The van der Waals surface area contributed by atoms with Crippen LogP contribution in [-0.4, -0.2) is 33.3 Å². The van der Waals surface area contributed by atoms with E-state index in [1.54, 1.807) is 0 Å². The summed E-state index contributed by atoms with van der Waals surface area (Å²) in [6.07, 6.45) is 3.12. The van der Waals surface area contributed by atoms with Gasteiger partial charge in [0.2, 0.25) is 10.0 Å². The van der Waals surface area contributed by atoms with Crippen LogP contribution in [0.1, 0.15) is 26.2 Å². The Bertz CT molecular complexity index is 311. The van der Waals surface area contributed by atoms with Crippen molar-refractivity contribution >= 4 is 10.0 Å². The highest BCUT2D eigenvalue weighted by molar-refractivity contribution is 7.89. The molecule has 2 N–H and O–H groups in total. The molecule has 0 aromatic rings. The standard InChI is InChI=1S/C10H20N2O2S/c1-8-4-10(6-11-5-8)12-15(13,14)7-9-2-3-9/h8-12H,2-7H2,1H3. The molecule has 2 atom stereocenters. The molecular weight excluding hydrogens is 212 g/mol. The maximum Gasteiger partial charge on any atom is 0.212 e. The third kappa shape index (κ3) is 3.74. The van der Waals surface area contributed by atoms with Gasteiger partial charge in [-0.05, 0) is 37.6 Å². The SMILES string of the molecule is CC1CNCC(NS(=O)(=O)CC2CC2)C1. The van der Waals surface area contributed by atoms with Crippen molar-refractivity contribution in [1.29, 1.82) is 0 Å². The highest BCUT2D eigenvalue weighted by atomic mass is 32.2. The van der Waals surface area contributed by atoms with Gasteiger partial charge in [0, 0.05) is 12.6 Å². The predicted molar refractivity (Wildman–Crippen MR) is 60.1 cm³/mol. The zero-order valence-corrected chi connectivity index (χ0v) is 10.0. The van der Waals surface area contributed by atoms with Crippen LogP contribution < -0.4 is 10.0 Å². The average molecular weight is 232 g/mol. The third-order valence-corrected chi connectivity index (χ3v) is 4.67. The van der Waals surface area contributed by atoms with Gasteiger partial charge in [0.1, 0.15) is 0 Å². The Morgan fingerprint density at radius 3 is 2.67 bits per heavy atom. The quantitative estimate of drug-likeness (QED) is 0.733. The Morgan fingerprint density at radius 1 is 1.33 bits per heavy atom. The van der Waals surface area contributed by atoms with Crippen LogP contribution in [0.5, 0.6) is 0 Å². The van der Waals surface area contributed by atoms with E-state index in [9.17, 15) is 8.42 Å². The number of sulfonamides is 1. The van der Waals surface area contributed by atoms with Gasteiger partial charge in [0.05, 0.1) is 5.75 Å². The maximum absolute atomic E-state index is 11.7. The first-order valence-electron chi connectivity index (χ1n) is 5.76. The van der Waals surface area contributed by atoms with E-state index < -0.39 is 10.0 Å². The molecule has 1 aliphatic heterocycles. The first-order valence-corrected chi connectivity index (χ1v) is 7.41. The Kier molecular flexibility index (Phi) is 3.33. The summed E-state index contributed by atoms with van der Waals surface area (Å²) in [5, 5.41) is 3.25. The van der Waals surface area contributed by atoms with Crippen molar-refractivity contribution in [2.24, 2.45) is 11.8 Å². The van der Waals surface area contributed by atoms with Crippen LogP contribution in [0.2, 0.25) is 0 Å². The van der Waals surface area contributed by atoms with Crippen LogP contribution in [0.15, 0.2) is 0 Å². The lowest BCUT2D eigenvalue weighted by atomic mass is 9.99. The van der Waals surface area contributed by atoms with Crippen LogP contribution in [0.3, 0.4) is 0 Å². The van der Waals surface area contributed by atoms with Crippen LogP contribution in [0.4, 0.5) is 0 Å². The second kappa shape index (κ2) is 4.39. The van der Waals surface area contributed by atoms with E-state index in [0.717, 1.165) is 32.4 Å². The Labute approximate surface area is 91.9 Å². The molecule has 2 aliphatic rings. The highest BCUT2D eigenvalue weighted by Gasteiger charge is 2.30. The van der Waals surface area contributed by atoms with E-state index in [-0.39, 0.29) is 6.04 Å². The zero-order chi connectivity index (χ0) is 10.9. The van der Waals surface area contributed by atoms with Crippen LogP contribution >= 0.6 is 0 Å². The maximum atomic E-state index is 11.7. The summed E-state index contributed by atoms with van der Waals surface area (Å²) in [6, 6.07) is 0.0949. The summed E-state index contributed by atoms with van der Waals surface area (Å²) in [6.45, 7) is 3.92. The summed E-state index contributed by atoms with van der Waals surface area (Å²) in [5.74, 6) is 1.32. The average Bonchev–Trinajstić information content (AvgIpc) is 2.86. The van der Waals surface area contributed by atoms with Gasteiger partial charge in [-0.3, -0.25) is 0 Å². The summed E-state index contributed by atoms with van der Waals surface area (Å²) in [5.41, 5.74) is 0. The fraction of sp³-hybridized carbons (Fsp3) is 1.00. The minimum absolute atomic E-state index is 0.0949. The van der Waals surface area contributed by atoms with Crippen molar-refractivity contribution in [2.75, 3.05) is 18.8 Å². The number of piperidine rings is 1. The van der Waals surface area contributed by atoms with Crippen molar-refractivity contribution in [2.45, 2.75) is 32.2 Å². The van der Waals surface area contributed by atoms with Crippen molar-refractivity contribution in [3.05, 3.63) is 0 Å². The smallest absolute Gasteiger partial charge is 0.212 e. The summed E-state index contributed by atoms with van der Waals surface area (Å²) in [4.78, 5) is 0. The number of rotatable bonds is 4. The van der Waals surface area contributed by atoms with Gasteiger partial charge >= 0.3 is 0 Å². The van der Waals surface area contributed by atoms with Crippen LogP contribution in [0.25, 0.3) is 0 Å². The van der Waals surface area contributed by atoms with E-state index in [0.29, 0.717) is 17.6 Å². The monoisotopic (exact) mass is 232 g/mol. The molecule has 2 fully saturated rings. The van der Waals surface area contributed by atoms with E-state index >= 15 is 0 Å². The molecule has 0 amide bonds. The molecular formula is C10H20N2O2S. The van der Waals surface area contributed by atoms with E-state index in [1.807, 2.05) is 0 Å². The minimum Gasteiger partial charge on any atom is -0.315 e. The first-order chi connectivity index (χ1) is 7.05. The molecule has 2 rings (SSSR count). The van der Waals surface area contributed by atoms with Crippen LogP contribution in [-0.2, 0) is 10.0 Å².